The summed E-state index contributed by atoms with van der Waals surface area (Å²) in [4.78, 5) is 42.0. The lowest BCUT2D eigenvalue weighted by molar-refractivity contribution is -0.172. The van der Waals surface area contributed by atoms with Crippen LogP contribution < -0.4 is 16.6 Å². The summed E-state index contributed by atoms with van der Waals surface area (Å²) in [6, 6.07) is 4.13. The van der Waals surface area contributed by atoms with E-state index in [2.05, 4.69) is 10.3 Å². The fourth-order valence-corrected chi connectivity index (χ4v) is 4.65. The van der Waals surface area contributed by atoms with E-state index in [1.54, 1.807) is 13.0 Å². The van der Waals surface area contributed by atoms with Gasteiger partial charge >= 0.3 is 5.97 Å². The molecule has 0 radical (unpaired) electrons. The number of esters is 1. The summed E-state index contributed by atoms with van der Waals surface area (Å²) < 4.78 is 20.8. The molecule has 0 bridgehead atoms. The number of hydrogen-bond donors (Lipinski definition) is 4. The van der Waals surface area contributed by atoms with Gasteiger partial charge in [0.2, 0.25) is 5.91 Å². The first-order chi connectivity index (χ1) is 16.2. The molecule has 1 amide bonds. The molecule has 10 nitrogen and oxygen atoms in total. The molecule has 2 aliphatic rings. The second-order valence-corrected chi connectivity index (χ2v) is 8.35. The highest BCUT2D eigenvalue weighted by Gasteiger charge is 2.45. The van der Waals surface area contributed by atoms with Gasteiger partial charge in [-0.1, -0.05) is 6.92 Å². The number of cyclic esters (lactones) is 1. The van der Waals surface area contributed by atoms with E-state index in [1.807, 2.05) is 0 Å². The van der Waals surface area contributed by atoms with Crippen LogP contribution >= 0.6 is 0 Å². The molecule has 0 spiro atoms. The number of nitrogens with zero attached hydrogens (tertiary/aromatic N) is 2. The number of fused-ring (bicyclic) bond motifs is 5. The molecule has 0 fully saturated rings. The van der Waals surface area contributed by atoms with Crippen LogP contribution in [0.15, 0.2) is 23.0 Å². The number of rotatable bonds is 4. The Balaban J connectivity index is 1.78. The van der Waals surface area contributed by atoms with Crippen molar-refractivity contribution >= 4 is 28.5 Å². The first-order valence-electron chi connectivity index (χ1n) is 10.6. The van der Waals surface area contributed by atoms with E-state index >= 15 is 0 Å². The summed E-state index contributed by atoms with van der Waals surface area (Å²) >= 11 is 0. The number of nitrogens with one attached hydrogen (secondary N) is 1. The van der Waals surface area contributed by atoms with E-state index in [1.165, 1.54) is 16.7 Å². The third-order valence-electron chi connectivity index (χ3n) is 6.53. The monoisotopic (exact) mass is 468 g/mol. The van der Waals surface area contributed by atoms with Gasteiger partial charge in [0.25, 0.3) is 5.56 Å². The van der Waals surface area contributed by atoms with Gasteiger partial charge in [-0.3, -0.25) is 9.59 Å². The Bertz CT molecular complexity index is 1470. The minimum atomic E-state index is -1.97. The van der Waals surface area contributed by atoms with Crippen LogP contribution in [0.3, 0.4) is 0 Å². The van der Waals surface area contributed by atoms with Gasteiger partial charge in [-0.2, -0.15) is 0 Å². The molecule has 176 valence electrons. The van der Waals surface area contributed by atoms with Gasteiger partial charge in [-0.25, -0.2) is 14.2 Å². The number of carbonyl (C=O) groups is 2. The third kappa shape index (κ3) is 3.01. The molecule has 5 N–H and O–H groups in total. The molecule has 2 aromatic heterocycles. The van der Waals surface area contributed by atoms with Gasteiger partial charge in [-0.15, -0.1) is 0 Å². The van der Waals surface area contributed by atoms with Crippen molar-refractivity contribution < 1.29 is 28.9 Å². The Morgan fingerprint density at radius 1 is 1.32 bits per heavy atom. The fraction of sp³-hybridized carbons (Fsp3) is 0.304. The van der Waals surface area contributed by atoms with E-state index < -0.39 is 35.5 Å². The Kier molecular flexibility index (Phi) is 4.92. The number of pyridine rings is 2. The molecule has 0 aliphatic carbocycles. The highest BCUT2D eigenvalue weighted by Crippen LogP contribution is 2.40. The average molecular weight is 468 g/mol. The summed E-state index contributed by atoms with van der Waals surface area (Å²) in [5.41, 5.74) is 5.73. The second kappa shape index (κ2) is 7.61. The van der Waals surface area contributed by atoms with E-state index in [9.17, 15) is 23.9 Å². The van der Waals surface area contributed by atoms with E-state index in [0.717, 1.165) is 0 Å². The highest BCUT2D eigenvalue weighted by atomic mass is 19.1. The molecule has 11 heteroatoms. The van der Waals surface area contributed by atoms with Gasteiger partial charge < -0.3 is 30.6 Å². The van der Waals surface area contributed by atoms with Crippen LogP contribution in [0.4, 0.5) is 10.1 Å². The highest BCUT2D eigenvalue weighted by molar-refractivity contribution is 5.91. The number of aliphatic hydroxyl groups is 2. The zero-order valence-corrected chi connectivity index (χ0v) is 18.1. The number of aromatic nitrogens is 2. The standard InChI is InChI=1S/C23H21FN4O6/c1-2-23(33)14-4-18-20-12(7-28(18)21(31)13(14)9-34-22(23)32)11(6-26-19(30)8-29)10-3-16(25)15(24)5-17(10)27-20/h3-5,29,33H,2,6-9,25H2,1H3,(H,26,30)/t23-/m0/s1. The molecule has 34 heavy (non-hydrogen) atoms. The summed E-state index contributed by atoms with van der Waals surface area (Å²) in [5, 5.41) is 23.2. The minimum absolute atomic E-state index is 0.00264. The van der Waals surface area contributed by atoms with Crippen LogP contribution in [0.2, 0.25) is 0 Å². The predicted molar refractivity (Wildman–Crippen MR) is 118 cm³/mol. The number of aliphatic hydroxyl groups excluding tert-OH is 1. The van der Waals surface area contributed by atoms with Crippen molar-refractivity contribution in [2.45, 2.75) is 38.6 Å². The molecular weight excluding hydrogens is 447 g/mol. The normalized spacial score (nSPS) is 18.3. The lowest BCUT2D eigenvalue weighted by Crippen LogP contribution is -2.44. The lowest BCUT2D eigenvalue weighted by atomic mass is 9.86. The maximum absolute atomic E-state index is 14.3. The first kappa shape index (κ1) is 22.0. The number of nitrogen functional groups attached to an aromatic ring is 1. The number of nitrogens with two attached hydrogens (primary N) is 1. The molecule has 2 aliphatic heterocycles. The van der Waals surface area contributed by atoms with Crippen molar-refractivity contribution in [1.29, 1.82) is 0 Å². The van der Waals surface area contributed by atoms with Gasteiger partial charge in [0.05, 0.1) is 34.7 Å². The quantitative estimate of drug-likeness (QED) is 0.248. The van der Waals surface area contributed by atoms with Crippen LogP contribution in [0.5, 0.6) is 0 Å². The van der Waals surface area contributed by atoms with Crippen LogP contribution in [0, 0.1) is 5.82 Å². The van der Waals surface area contributed by atoms with Crippen LogP contribution in [0.25, 0.3) is 22.3 Å². The van der Waals surface area contributed by atoms with E-state index in [-0.39, 0.29) is 48.4 Å². The van der Waals surface area contributed by atoms with Crippen LogP contribution in [-0.2, 0) is 39.6 Å². The zero-order valence-electron chi connectivity index (χ0n) is 18.1. The Hall–Kier alpha value is -3.83. The number of benzene rings is 1. The summed E-state index contributed by atoms with van der Waals surface area (Å²) in [6.45, 7) is 0.713. The second-order valence-electron chi connectivity index (χ2n) is 8.35. The maximum Gasteiger partial charge on any atom is 0.343 e. The smallest absolute Gasteiger partial charge is 0.343 e. The van der Waals surface area contributed by atoms with Crippen molar-refractivity contribution in [2.24, 2.45) is 0 Å². The van der Waals surface area contributed by atoms with Crippen molar-refractivity contribution in [2.75, 3.05) is 12.3 Å². The molecule has 4 heterocycles. The van der Waals surface area contributed by atoms with Gasteiger partial charge in [0, 0.05) is 29.1 Å². The molecule has 1 atom stereocenters. The largest absolute Gasteiger partial charge is 0.458 e. The van der Waals surface area contributed by atoms with Crippen molar-refractivity contribution in [3.05, 3.63) is 56.6 Å². The lowest BCUT2D eigenvalue weighted by Gasteiger charge is -2.31. The zero-order chi connectivity index (χ0) is 24.4. The number of anilines is 1. The number of hydrogen-bond acceptors (Lipinski definition) is 8. The van der Waals surface area contributed by atoms with Crippen LogP contribution in [-0.4, -0.2) is 38.2 Å². The topological polar surface area (TPSA) is 157 Å². The Morgan fingerprint density at radius 3 is 2.79 bits per heavy atom. The number of amides is 1. The minimum Gasteiger partial charge on any atom is -0.458 e. The van der Waals surface area contributed by atoms with Crippen LogP contribution in [0.1, 0.15) is 35.6 Å². The summed E-state index contributed by atoms with van der Waals surface area (Å²) in [5.74, 6) is -2.11. The van der Waals surface area contributed by atoms with Gasteiger partial charge in [-0.05, 0) is 24.1 Å². The Labute approximate surface area is 191 Å². The fourth-order valence-electron chi connectivity index (χ4n) is 4.65. The number of ether oxygens (including phenoxy) is 1. The predicted octanol–water partition coefficient (Wildman–Crippen LogP) is 0.409. The molecule has 0 unspecified atom stereocenters. The van der Waals surface area contributed by atoms with Crippen molar-refractivity contribution in [3.8, 4) is 11.4 Å². The Morgan fingerprint density at radius 2 is 2.09 bits per heavy atom. The first-order valence-corrected chi connectivity index (χ1v) is 10.6. The third-order valence-corrected chi connectivity index (χ3v) is 6.53. The number of halogens is 1. The maximum atomic E-state index is 14.3. The van der Waals surface area contributed by atoms with Crippen molar-refractivity contribution in [1.82, 2.24) is 14.9 Å². The molecule has 3 aromatic rings. The van der Waals surface area contributed by atoms with Gasteiger partial charge in [0.15, 0.2) is 5.60 Å². The summed E-state index contributed by atoms with van der Waals surface area (Å²) in [6.07, 6.45) is 0.00264. The van der Waals surface area contributed by atoms with E-state index in [0.29, 0.717) is 27.9 Å². The molecule has 1 aromatic carbocycles. The molecule has 5 rings (SSSR count). The summed E-state index contributed by atoms with van der Waals surface area (Å²) in [7, 11) is 0. The molecule has 0 saturated carbocycles. The molecular formula is C23H21FN4O6. The average Bonchev–Trinajstić information content (AvgIpc) is 3.19. The van der Waals surface area contributed by atoms with Crippen molar-refractivity contribution in [3.63, 3.8) is 0 Å². The van der Waals surface area contributed by atoms with E-state index in [4.69, 9.17) is 15.6 Å². The molecule has 0 saturated heterocycles. The SMILES string of the molecule is CC[C@@]1(O)C(=O)OCc2c1cc1n(c2=O)Cc2c-1nc1cc(F)c(N)cc1c2CNC(=O)CO. The number of carbonyl (C=O) groups excluding carboxylic acids is 2. The van der Waals surface area contributed by atoms with Gasteiger partial charge in [0.1, 0.15) is 19.0 Å².